The molecule has 1 N–H and O–H groups in total. The SMILES string of the molecule is Cc1ccc(-n2nnc(C(=O)NCc3ccc(F)cc3F)c2C)cc1F. The van der Waals surface area contributed by atoms with Crippen LogP contribution in [0.3, 0.4) is 0 Å². The van der Waals surface area contributed by atoms with Crippen molar-refractivity contribution in [3.05, 3.63) is 76.4 Å². The summed E-state index contributed by atoms with van der Waals surface area (Å²) in [6.07, 6.45) is 0. The van der Waals surface area contributed by atoms with Gasteiger partial charge >= 0.3 is 0 Å². The predicted octanol–water partition coefficient (Wildman–Crippen LogP) is 3.23. The van der Waals surface area contributed by atoms with Crippen LogP contribution in [0.15, 0.2) is 36.4 Å². The zero-order valence-corrected chi connectivity index (χ0v) is 14.1. The van der Waals surface area contributed by atoms with Gasteiger partial charge in [0.25, 0.3) is 5.91 Å². The first-order valence-electron chi connectivity index (χ1n) is 7.78. The zero-order valence-electron chi connectivity index (χ0n) is 14.1. The number of hydrogen-bond acceptors (Lipinski definition) is 3. The average Bonchev–Trinajstić information content (AvgIpc) is 2.98. The number of rotatable bonds is 4. The van der Waals surface area contributed by atoms with Crippen molar-refractivity contribution in [2.45, 2.75) is 20.4 Å². The molecule has 0 saturated carbocycles. The molecular weight excluding hydrogens is 345 g/mol. The highest BCUT2D eigenvalue weighted by Gasteiger charge is 2.18. The van der Waals surface area contributed by atoms with Gasteiger partial charge in [0.2, 0.25) is 0 Å². The molecule has 0 atom stereocenters. The van der Waals surface area contributed by atoms with E-state index >= 15 is 0 Å². The quantitative estimate of drug-likeness (QED) is 0.777. The van der Waals surface area contributed by atoms with E-state index in [-0.39, 0.29) is 17.8 Å². The molecule has 3 aromatic rings. The Morgan fingerprint density at radius 2 is 1.85 bits per heavy atom. The highest BCUT2D eigenvalue weighted by Crippen LogP contribution is 2.16. The van der Waals surface area contributed by atoms with Gasteiger partial charge < -0.3 is 5.32 Å². The Hall–Kier alpha value is -3.16. The van der Waals surface area contributed by atoms with Crippen LogP contribution in [0.25, 0.3) is 5.69 Å². The third-order valence-electron chi connectivity index (χ3n) is 3.96. The lowest BCUT2D eigenvalue weighted by molar-refractivity contribution is 0.0945. The summed E-state index contributed by atoms with van der Waals surface area (Å²) in [6.45, 7) is 3.13. The minimum Gasteiger partial charge on any atom is -0.346 e. The van der Waals surface area contributed by atoms with Gasteiger partial charge in [0.1, 0.15) is 17.5 Å². The van der Waals surface area contributed by atoms with E-state index < -0.39 is 23.4 Å². The van der Waals surface area contributed by atoms with Gasteiger partial charge in [-0.3, -0.25) is 4.79 Å². The Balaban J connectivity index is 1.78. The molecule has 0 fully saturated rings. The van der Waals surface area contributed by atoms with Crippen LogP contribution >= 0.6 is 0 Å². The van der Waals surface area contributed by atoms with Crippen LogP contribution in [0.1, 0.15) is 27.3 Å². The molecule has 5 nitrogen and oxygen atoms in total. The number of halogens is 3. The maximum atomic E-state index is 13.7. The van der Waals surface area contributed by atoms with Crippen molar-refractivity contribution in [2.24, 2.45) is 0 Å². The molecule has 1 aromatic heterocycles. The summed E-state index contributed by atoms with van der Waals surface area (Å²) in [7, 11) is 0. The van der Waals surface area contributed by atoms with Crippen LogP contribution in [0.2, 0.25) is 0 Å². The molecule has 3 rings (SSSR count). The van der Waals surface area contributed by atoms with Crippen LogP contribution in [-0.4, -0.2) is 20.9 Å². The van der Waals surface area contributed by atoms with E-state index in [0.717, 1.165) is 12.1 Å². The fraction of sp³-hybridized carbons (Fsp3) is 0.167. The van der Waals surface area contributed by atoms with Crippen molar-refractivity contribution in [2.75, 3.05) is 0 Å². The standard InChI is InChI=1S/C18H15F3N4O/c1-10-3-6-14(8-15(10)20)25-11(2)17(23-24-25)18(26)22-9-12-4-5-13(19)7-16(12)21/h3-8H,9H2,1-2H3,(H,22,26). The molecule has 0 spiro atoms. The lowest BCUT2D eigenvalue weighted by Gasteiger charge is -2.07. The normalized spacial score (nSPS) is 10.8. The maximum Gasteiger partial charge on any atom is 0.274 e. The maximum absolute atomic E-state index is 13.7. The number of aromatic nitrogens is 3. The van der Waals surface area contributed by atoms with Crippen LogP contribution in [0.4, 0.5) is 13.2 Å². The molecule has 2 aromatic carbocycles. The summed E-state index contributed by atoms with van der Waals surface area (Å²) >= 11 is 0. The summed E-state index contributed by atoms with van der Waals surface area (Å²) in [5.41, 5.74) is 1.51. The van der Waals surface area contributed by atoms with Crippen LogP contribution in [0.5, 0.6) is 0 Å². The van der Waals surface area contributed by atoms with Gasteiger partial charge in [0.15, 0.2) is 5.69 Å². The number of benzene rings is 2. The van der Waals surface area contributed by atoms with E-state index in [2.05, 4.69) is 15.6 Å². The summed E-state index contributed by atoms with van der Waals surface area (Å²) < 4.78 is 41.6. The molecule has 0 bridgehead atoms. The van der Waals surface area contributed by atoms with Crippen molar-refractivity contribution < 1.29 is 18.0 Å². The second-order valence-corrected chi connectivity index (χ2v) is 5.79. The number of amides is 1. The minimum atomic E-state index is -0.749. The molecule has 0 aliphatic rings. The van der Waals surface area contributed by atoms with E-state index in [1.807, 2.05) is 0 Å². The van der Waals surface area contributed by atoms with E-state index in [9.17, 15) is 18.0 Å². The second-order valence-electron chi connectivity index (χ2n) is 5.79. The summed E-state index contributed by atoms with van der Waals surface area (Å²) in [6, 6.07) is 7.67. The molecule has 0 aliphatic carbocycles. The van der Waals surface area contributed by atoms with E-state index in [1.54, 1.807) is 26.0 Å². The Kier molecular flexibility index (Phi) is 4.75. The van der Waals surface area contributed by atoms with E-state index in [1.165, 1.54) is 16.8 Å². The van der Waals surface area contributed by atoms with Crippen molar-refractivity contribution in [1.29, 1.82) is 0 Å². The number of nitrogens with zero attached hydrogens (tertiary/aromatic N) is 3. The minimum absolute atomic E-state index is 0.0357. The molecule has 0 unspecified atom stereocenters. The highest BCUT2D eigenvalue weighted by atomic mass is 19.1. The van der Waals surface area contributed by atoms with Crippen molar-refractivity contribution in [3.8, 4) is 5.69 Å². The predicted molar refractivity (Wildman–Crippen MR) is 88.3 cm³/mol. The monoisotopic (exact) mass is 360 g/mol. The van der Waals surface area contributed by atoms with Gasteiger partial charge in [-0.15, -0.1) is 5.10 Å². The van der Waals surface area contributed by atoms with Gasteiger partial charge in [0, 0.05) is 18.2 Å². The van der Waals surface area contributed by atoms with E-state index in [4.69, 9.17) is 0 Å². The summed E-state index contributed by atoms with van der Waals surface area (Å²) in [4.78, 5) is 12.3. The van der Waals surface area contributed by atoms with E-state index in [0.29, 0.717) is 16.9 Å². The lowest BCUT2D eigenvalue weighted by Crippen LogP contribution is -2.24. The Bertz CT molecular complexity index is 985. The molecule has 0 aliphatic heterocycles. The summed E-state index contributed by atoms with van der Waals surface area (Å²) in [5, 5.41) is 10.2. The molecule has 0 saturated heterocycles. The van der Waals surface area contributed by atoms with Gasteiger partial charge in [-0.25, -0.2) is 17.9 Å². The number of nitrogens with one attached hydrogen (secondary N) is 1. The highest BCUT2D eigenvalue weighted by molar-refractivity contribution is 5.93. The third kappa shape index (κ3) is 3.44. The van der Waals surface area contributed by atoms with Gasteiger partial charge in [0.05, 0.1) is 11.4 Å². The number of carbonyl (C=O) groups is 1. The average molecular weight is 360 g/mol. The first kappa shape index (κ1) is 17.7. The first-order valence-corrected chi connectivity index (χ1v) is 7.78. The fourth-order valence-corrected chi connectivity index (χ4v) is 2.42. The Labute approximate surface area is 147 Å². The van der Waals surface area contributed by atoms with Crippen LogP contribution in [-0.2, 0) is 6.54 Å². The van der Waals surface area contributed by atoms with Crippen molar-refractivity contribution >= 4 is 5.91 Å². The smallest absolute Gasteiger partial charge is 0.274 e. The molecule has 134 valence electrons. The van der Waals surface area contributed by atoms with Gasteiger partial charge in [-0.2, -0.15) is 0 Å². The molecule has 1 heterocycles. The van der Waals surface area contributed by atoms with Gasteiger partial charge in [-0.1, -0.05) is 17.3 Å². The van der Waals surface area contributed by atoms with Crippen molar-refractivity contribution in [3.63, 3.8) is 0 Å². The molecular formula is C18H15F3N4O. The zero-order chi connectivity index (χ0) is 18.8. The first-order chi connectivity index (χ1) is 12.4. The van der Waals surface area contributed by atoms with Crippen LogP contribution < -0.4 is 5.32 Å². The van der Waals surface area contributed by atoms with Crippen molar-refractivity contribution in [1.82, 2.24) is 20.3 Å². The molecule has 1 amide bonds. The third-order valence-corrected chi connectivity index (χ3v) is 3.96. The van der Waals surface area contributed by atoms with Gasteiger partial charge in [-0.05, 0) is 37.6 Å². The lowest BCUT2D eigenvalue weighted by atomic mass is 10.2. The van der Waals surface area contributed by atoms with Crippen LogP contribution in [0, 0.1) is 31.3 Å². The largest absolute Gasteiger partial charge is 0.346 e. The Morgan fingerprint density at radius 1 is 1.08 bits per heavy atom. The molecule has 26 heavy (non-hydrogen) atoms. The molecule has 0 radical (unpaired) electrons. The number of hydrogen-bond donors (Lipinski definition) is 1. The summed E-state index contributed by atoms with van der Waals surface area (Å²) in [5.74, 6) is -2.40. The fourth-order valence-electron chi connectivity index (χ4n) is 2.42. The number of aryl methyl sites for hydroxylation is 1. The Morgan fingerprint density at radius 3 is 2.54 bits per heavy atom. The number of carbonyl (C=O) groups excluding carboxylic acids is 1. The second kappa shape index (κ2) is 6.99. The topological polar surface area (TPSA) is 59.8 Å². The molecule has 8 heteroatoms.